The van der Waals surface area contributed by atoms with Gasteiger partial charge in [0, 0.05) is 19.0 Å². The lowest BCUT2D eigenvalue weighted by Crippen LogP contribution is -2.59. The van der Waals surface area contributed by atoms with Crippen molar-refractivity contribution in [1.29, 1.82) is 5.26 Å². The molecule has 1 aliphatic carbocycles. The molecule has 2 heterocycles. The summed E-state index contributed by atoms with van der Waals surface area (Å²) in [5, 5.41) is 12.7. The van der Waals surface area contributed by atoms with Crippen LogP contribution in [0.1, 0.15) is 26.7 Å². The van der Waals surface area contributed by atoms with Gasteiger partial charge in [0.1, 0.15) is 17.5 Å². The molecule has 3 rings (SSSR count). The van der Waals surface area contributed by atoms with Crippen molar-refractivity contribution in [3.05, 3.63) is 23.7 Å². The predicted molar refractivity (Wildman–Crippen MR) is 126 cm³/mol. The number of halogens is 1. The quantitative estimate of drug-likeness (QED) is 0.325. The number of thiocarbonyl (C=S) groups is 2. The van der Waals surface area contributed by atoms with Gasteiger partial charge in [-0.1, -0.05) is 25.2 Å². The van der Waals surface area contributed by atoms with E-state index >= 15 is 4.39 Å². The molecule has 0 aromatic carbocycles. The fourth-order valence-electron chi connectivity index (χ4n) is 4.17. The van der Waals surface area contributed by atoms with E-state index in [2.05, 4.69) is 22.2 Å². The van der Waals surface area contributed by atoms with Crippen LogP contribution in [0.4, 0.5) is 9.18 Å². The Morgan fingerprint density at radius 1 is 1.41 bits per heavy atom. The molecule has 2 aliphatic heterocycles. The van der Waals surface area contributed by atoms with Gasteiger partial charge in [-0.15, -0.1) is 0 Å². The van der Waals surface area contributed by atoms with Gasteiger partial charge in [-0.25, -0.2) is 14.6 Å². The lowest BCUT2D eigenvalue weighted by Gasteiger charge is -2.41. The highest BCUT2D eigenvalue weighted by Gasteiger charge is 2.41. The smallest absolute Gasteiger partial charge is 0.410 e. The maximum atomic E-state index is 15.1. The number of nitrogens with zero attached hydrogens (tertiary/aromatic N) is 3. The zero-order valence-corrected chi connectivity index (χ0v) is 19.7. The summed E-state index contributed by atoms with van der Waals surface area (Å²) >= 11 is 9.78. The Bertz CT molecular complexity index is 880. The van der Waals surface area contributed by atoms with Gasteiger partial charge in [-0.05, 0) is 38.1 Å². The maximum Gasteiger partial charge on any atom is 0.410 e. The number of rotatable bonds is 6. The molecular weight excluding hydrogens is 453 g/mol. The van der Waals surface area contributed by atoms with Crippen molar-refractivity contribution < 1.29 is 13.9 Å². The average Bonchev–Trinajstić information content (AvgIpc) is 3.13. The summed E-state index contributed by atoms with van der Waals surface area (Å²) in [5.74, 6) is -0.482. The molecule has 12 heteroatoms. The average molecular weight is 482 g/mol. The third kappa shape index (κ3) is 5.46. The largest absolute Gasteiger partial charge is 0.442 e. The molecule has 0 saturated carbocycles. The minimum atomic E-state index is -0.827. The zero-order chi connectivity index (χ0) is 23.5. The molecule has 3 aliphatic rings. The van der Waals surface area contributed by atoms with Crippen LogP contribution in [0.3, 0.4) is 0 Å². The number of cyclic esters (lactones) is 1. The van der Waals surface area contributed by atoms with Crippen LogP contribution >= 0.6 is 24.4 Å². The number of amides is 1. The molecule has 9 nitrogen and oxygen atoms in total. The van der Waals surface area contributed by atoms with Gasteiger partial charge in [0.25, 0.3) is 0 Å². The van der Waals surface area contributed by atoms with Crippen LogP contribution in [0.5, 0.6) is 0 Å². The van der Waals surface area contributed by atoms with E-state index < -0.39 is 17.7 Å². The van der Waals surface area contributed by atoms with Crippen molar-refractivity contribution >= 4 is 40.6 Å². The third-order valence-corrected chi connectivity index (χ3v) is 6.21. The molecule has 1 amide bonds. The number of piperidine rings is 1. The number of carbonyl (C=O) groups excluding carboxylic acids is 1. The molecule has 0 spiro atoms. The summed E-state index contributed by atoms with van der Waals surface area (Å²) in [6, 6.07) is 1.85. The van der Waals surface area contributed by atoms with Crippen LogP contribution in [0, 0.1) is 17.2 Å². The van der Waals surface area contributed by atoms with Crippen LogP contribution < -0.4 is 21.9 Å². The third-order valence-electron chi connectivity index (χ3n) is 5.96. The minimum Gasteiger partial charge on any atom is -0.442 e. The van der Waals surface area contributed by atoms with E-state index in [0.29, 0.717) is 49.7 Å². The molecule has 0 radical (unpaired) electrons. The monoisotopic (exact) mass is 481 g/mol. The lowest BCUT2D eigenvalue weighted by atomic mass is 9.88. The molecule has 0 bridgehead atoms. The highest BCUT2D eigenvalue weighted by Crippen LogP contribution is 2.34. The van der Waals surface area contributed by atoms with E-state index in [0.717, 1.165) is 0 Å². The summed E-state index contributed by atoms with van der Waals surface area (Å²) in [6.45, 7) is 5.48. The fraction of sp³-hybridized carbons (Fsp3) is 0.600. The summed E-state index contributed by atoms with van der Waals surface area (Å²) in [6.07, 6.45) is 3.48. The van der Waals surface area contributed by atoms with Gasteiger partial charge >= 0.3 is 6.09 Å². The Labute approximate surface area is 197 Å². The maximum absolute atomic E-state index is 15.1. The topological polar surface area (TPSA) is 119 Å². The van der Waals surface area contributed by atoms with E-state index in [1.807, 2.05) is 17.9 Å². The summed E-state index contributed by atoms with van der Waals surface area (Å²) in [7, 11) is 0. The van der Waals surface area contributed by atoms with Crippen LogP contribution in [0.15, 0.2) is 23.7 Å². The van der Waals surface area contributed by atoms with Crippen molar-refractivity contribution in [2.75, 3.05) is 26.2 Å². The number of allylic oxidation sites excluding steroid dienone is 1. The van der Waals surface area contributed by atoms with Crippen LogP contribution in [-0.2, 0) is 4.74 Å². The Hall–Kier alpha value is -2.49. The van der Waals surface area contributed by atoms with Gasteiger partial charge < -0.3 is 20.7 Å². The number of nitrogens with one attached hydrogen (secondary N) is 3. The molecule has 2 unspecified atom stereocenters. The fourth-order valence-corrected chi connectivity index (χ4v) is 4.30. The molecule has 174 valence electrons. The first-order valence-electron chi connectivity index (χ1n) is 10.4. The van der Waals surface area contributed by atoms with E-state index in [4.69, 9.17) is 34.9 Å². The Balaban J connectivity index is 1.63. The number of hydrogen-bond donors (Lipinski definition) is 4. The first kappa shape index (κ1) is 24.2. The Morgan fingerprint density at radius 3 is 2.69 bits per heavy atom. The minimum absolute atomic E-state index is 0.0572. The van der Waals surface area contributed by atoms with E-state index in [-0.39, 0.29) is 23.0 Å². The SMILES string of the molecule is CC(=S)NC[C@H]1CN(C2C=C(F)C(N3CCC(C#N)(NNC(N)=S)CC3)=CC2C)C(=O)O1. The Kier molecular flexibility index (Phi) is 7.53. The van der Waals surface area contributed by atoms with Crippen molar-refractivity contribution in [1.82, 2.24) is 26.0 Å². The van der Waals surface area contributed by atoms with Crippen molar-refractivity contribution in [3.8, 4) is 6.07 Å². The number of nitriles is 1. The van der Waals surface area contributed by atoms with Crippen LogP contribution in [-0.4, -0.2) is 69.9 Å². The number of carbonyl (C=O) groups is 1. The summed E-state index contributed by atoms with van der Waals surface area (Å²) in [4.78, 5) is 16.5. The second kappa shape index (κ2) is 9.97. The van der Waals surface area contributed by atoms with Gasteiger partial charge in [0.05, 0.1) is 35.9 Å². The molecule has 0 aromatic rings. The van der Waals surface area contributed by atoms with E-state index in [9.17, 15) is 10.1 Å². The number of nitrogens with two attached hydrogens (primary N) is 1. The molecule has 3 atom stereocenters. The standard InChI is InChI=1S/C20H28FN7O2S2/c1-12-7-17(27-5-3-20(11-22,4-6-27)26-25-18(23)32)15(21)8-16(12)28-10-14(30-19(28)29)9-24-13(2)31/h7-8,12,14,16,26H,3-6,9-10H2,1-2H3,(H,24,31)(H3,23,25,32)/t12?,14-,16?/m0/s1. The number of likely N-dealkylation sites (tertiary alicyclic amines) is 1. The first-order valence-corrected chi connectivity index (χ1v) is 11.3. The Morgan fingerprint density at radius 2 is 2.09 bits per heavy atom. The highest BCUT2D eigenvalue weighted by atomic mass is 32.1. The molecule has 2 fully saturated rings. The number of hydrogen-bond acceptors (Lipinski definition) is 7. The second-order valence-corrected chi connectivity index (χ2v) is 9.36. The molecular formula is C20H28FN7O2S2. The van der Waals surface area contributed by atoms with Gasteiger partial charge in [0.2, 0.25) is 0 Å². The first-order chi connectivity index (χ1) is 15.1. The van der Waals surface area contributed by atoms with E-state index in [1.54, 1.807) is 11.8 Å². The lowest BCUT2D eigenvalue weighted by molar-refractivity contribution is 0.128. The van der Waals surface area contributed by atoms with Crippen molar-refractivity contribution in [3.63, 3.8) is 0 Å². The van der Waals surface area contributed by atoms with Gasteiger partial charge in [0.15, 0.2) is 5.11 Å². The van der Waals surface area contributed by atoms with Gasteiger partial charge in [-0.2, -0.15) is 5.26 Å². The van der Waals surface area contributed by atoms with E-state index in [1.165, 1.54) is 6.08 Å². The second-order valence-electron chi connectivity index (χ2n) is 8.31. The summed E-state index contributed by atoms with van der Waals surface area (Å²) in [5.41, 5.74) is 10.6. The normalized spacial score (nSPS) is 27.1. The van der Waals surface area contributed by atoms with Gasteiger partial charge in [-0.3, -0.25) is 10.3 Å². The van der Waals surface area contributed by atoms with Crippen molar-refractivity contribution in [2.45, 2.75) is 44.4 Å². The van der Waals surface area contributed by atoms with Crippen LogP contribution in [0.25, 0.3) is 0 Å². The summed E-state index contributed by atoms with van der Waals surface area (Å²) < 4.78 is 20.5. The zero-order valence-electron chi connectivity index (χ0n) is 18.1. The number of ether oxygens (including phenoxy) is 1. The van der Waals surface area contributed by atoms with Crippen LogP contribution in [0.2, 0.25) is 0 Å². The predicted octanol–water partition coefficient (Wildman–Crippen LogP) is 1.20. The number of hydrazine groups is 1. The highest BCUT2D eigenvalue weighted by molar-refractivity contribution is 7.80. The molecule has 5 N–H and O–H groups in total. The molecule has 32 heavy (non-hydrogen) atoms. The van der Waals surface area contributed by atoms with Crippen molar-refractivity contribution in [2.24, 2.45) is 11.7 Å². The molecule has 0 aromatic heterocycles. The molecule has 2 saturated heterocycles.